The highest BCUT2D eigenvalue weighted by Crippen LogP contribution is 2.34. The molecular formula is C20H25N. The van der Waals surface area contributed by atoms with E-state index in [1.807, 2.05) is 0 Å². The van der Waals surface area contributed by atoms with Gasteiger partial charge in [0.1, 0.15) is 0 Å². The molecule has 0 saturated carbocycles. The molecule has 0 spiro atoms. The second-order valence-electron chi connectivity index (χ2n) is 6.06. The summed E-state index contributed by atoms with van der Waals surface area (Å²) in [5, 5.41) is 3.77. The average molecular weight is 279 g/mol. The fraction of sp³-hybridized carbons (Fsp3) is 0.400. The Balaban J connectivity index is 1.60. The standard InChI is InChI=1S/C20H25N/c1-3-15-9-11-16(12-10-15)20(4-2)21-14-18-13-17-7-5-6-8-19(17)18/h5-12,18,20-21H,3-4,13-14H2,1-2H3. The molecule has 1 N–H and O–H groups in total. The van der Waals surface area contributed by atoms with Crippen LogP contribution >= 0.6 is 0 Å². The van der Waals surface area contributed by atoms with Crippen molar-refractivity contribution in [1.82, 2.24) is 5.32 Å². The van der Waals surface area contributed by atoms with E-state index in [2.05, 4.69) is 67.7 Å². The highest BCUT2D eigenvalue weighted by Gasteiger charge is 2.25. The summed E-state index contributed by atoms with van der Waals surface area (Å²) >= 11 is 0. The highest BCUT2D eigenvalue weighted by molar-refractivity contribution is 5.40. The predicted octanol–water partition coefficient (Wildman–Crippen LogP) is 4.63. The van der Waals surface area contributed by atoms with E-state index in [1.165, 1.54) is 23.1 Å². The normalized spacial score (nSPS) is 17.9. The summed E-state index contributed by atoms with van der Waals surface area (Å²) in [6, 6.07) is 18.4. The molecule has 0 aromatic heterocycles. The smallest absolute Gasteiger partial charge is 0.0317 e. The van der Waals surface area contributed by atoms with Gasteiger partial charge in [-0.3, -0.25) is 0 Å². The fourth-order valence-corrected chi connectivity index (χ4v) is 3.31. The number of hydrogen-bond acceptors (Lipinski definition) is 1. The van der Waals surface area contributed by atoms with Crippen LogP contribution in [0.15, 0.2) is 48.5 Å². The number of fused-ring (bicyclic) bond motifs is 1. The summed E-state index contributed by atoms with van der Waals surface area (Å²) in [4.78, 5) is 0. The van der Waals surface area contributed by atoms with E-state index < -0.39 is 0 Å². The summed E-state index contributed by atoms with van der Waals surface area (Å²) < 4.78 is 0. The van der Waals surface area contributed by atoms with Crippen LogP contribution in [-0.4, -0.2) is 6.54 Å². The lowest BCUT2D eigenvalue weighted by molar-refractivity contribution is 0.461. The molecule has 0 saturated heterocycles. The van der Waals surface area contributed by atoms with Crippen LogP contribution in [0.4, 0.5) is 0 Å². The van der Waals surface area contributed by atoms with E-state index >= 15 is 0 Å². The minimum atomic E-state index is 0.476. The summed E-state index contributed by atoms with van der Waals surface area (Å²) in [5.41, 5.74) is 5.91. The van der Waals surface area contributed by atoms with Gasteiger partial charge in [0.15, 0.2) is 0 Å². The van der Waals surface area contributed by atoms with Gasteiger partial charge in [0.25, 0.3) is 0 Å². The van der Waals surface area contributed by atoms with Crippen molar-refractivity contribution in [2.45, 2.75) is 45.1 Å². The Labute approximate surface area is 128 Å². The Morgan fingerprint density at radius 3 is 2.48 bits per heavy atom. The lowest BCUT2D eigenvalue weighted by Crippen LogP contribution is -2.31. The molecule has 2 atom stereocenters. The maximum Gasteiger partial charge on any atom is 0.0317 e. The second-order valence-corrected chi connectivity index (χ2v) is 6.06. The van der Waals surface area contributed by atoms with E-state index in [0.29, 0.717) is 12.0 Å². The maximum atomic E-state index is 3.77. The van der Waals surface area contributed by atoms with E-state index in [-0.39, 0.29) is 0 Å². The number of nitrogens with one attached hydrogen (secondary N) is 1. The minimum absolute atomic E-state index is 0.476. The molecule has 3 rings (SSSR count). The molecular weight excluding hydrogens is 254 g/mol. The molecule has 1 aliphatic rings. The fourth-order valence-electron chi connectivity index (χ4n) is 3.31. The molecule has 2 aromatic carbocycles. The molecule has 0 bridgehead atoms. The molecule has 1 heteroatoms. The van der Waals surface area contributed by atoms with Gasteiger partial charge in [-0.1, -0.05) is 62.4 Å². The van der Waals surface area contributed by atoms with Gasteiger partial charge in [0.2, 0.25) is 0 Å². The topological polar surface area (TPSA) is 12.0 Å². The molecule has 110 valence electrons. The molecule has 0 heterocycles. The van der Waals surface area contributed by atoms with Crippen LogP contribution in [0.2, 0.25) is 0 Å². The lowest BCUT2D eigenvalue weighted by atomic mass is 9.77. The van der Waals surface area contributed by atoms with Gasteiger partial charge in [-0.2, -0.15) is 0 Å². The molecule has 1 nitrogen and oxygen atoms in total. The Hall–Kier alpha value is -1.60. The first kappa shape index (κ1) is 14.3. The monoisotopic (exact) mass is 279 g/mol. The van der Waals surface area contributed by atoms with Crippen molar-refractivity contribution >= 4 is 0 Å². The van der Waals surface area contributed by atoms with E-state index in [9.17, 15) is 0 Å². The van der Waals surface area contributed by atoms with Crippen molar-refractivity contribution in [3.05, 3.63) is 70.8 Å². The Bertz CT molecular complexity index is 585. The molecule has 0 fully saturated rings. The number of benzene rings is 2. The summed E-state index contributed by atoms with van der Waals surface area (Å²) in [5.74, 6) is 0.699. The molecule has 0 amide bonds. The molecule has 1 aliphatic carbocycles. The molecule has 2 unspecified atom stereocenters. The van der Waals surface area contributed by atoms with Crippen LogP contribution in [0, 0.1) is 0 Å². The summed E-state index contributed by atoms with van der Waals surface area (Å²) in [6.45, 7) is 5.56. The van der Waals surface area contributed by atoms with Gasteiger partial charge in [-0.15, -0.1) is 0 Å². The van der Waals surface area contributed by atoms with Crippen molar-refractivity contribution in [2.75, 3.05) is 6.54 Å². The summed E-state index contributed by atoms with van der Waals surface area (Å²) in [7, 11) is 0. The van der Waals surface area contributed by atoms with Gasteiger partial charge in [0, 0.05) is 18.5 Å². The first-order valence-electron chi connectivity index (χ1n) is 8.21. The van der Waals surface area contributed by atoms with Gasteiger partial charge in [0.05, 0.1) is 0 Å². The van der Waals surface area contributed by atoms with Crippen molar-refractivity contribution in [3.63, 3.8) is 0 Å². The molecule has 0 aliphatic heterocycles. The second kappa shape index (κ2) is 6.44. The minimum Gasteiger partial charge on any atom is -0.309 e. The van der Waals surface area contributed by atoms with E-state index in [0.717, 1.165) is 19.4 Å². The SMILES string of the molecule is CCc1ccc(C(CC)NCC2Cc3ccccc32)cc1. The maximum absolute atomic E-state index is 3.77. The van der Waals surface area contributed by atoms with Crippen LogP contribution in [-0.2, 0) is 12.8 Å². The summed E-state index contributed by atoms with van der Waals surface area (Å²) in [6.07, 6.45) is 3.48. The third-order valence-electron chi connectivity index (χ3n) is 4.77. The first-order chi connectivity index (χ1) is 10.3. The third kappa shape index (κ3) is 3.03. The predicted molar refractivity (Wildman–Crippen MR) is 89.7 cm³/mol. The number of hydrogen-bond donors (Lipinski definition) is 1. The van der Waals surface area contributed by atoms with Crippen LogP contribution in [0.25, 0.3) is 0 Å². The molecule has 21 heavy (non-hydrogen) atoms. The Morgan fingerprint density at radius 2 is 1.81 bits per heavy atom. The van der Waals surface area contributed by atoms with Crippen molar-refractivity contribution in [3.8, 4) is 0 Å². The van der Waals surface area contributed by atoms with Crippen molar-refractivity contribution in [2.24, 2.45) is 0 Å². The van der Waals surface area contributed by atoms with Gasteiger partial charge in [-0.05, 0) is 41.5 Å². The molecule has 0 radical (unpaired) electrons. The largest absolute Gasteiger partial charge is 0.309 e. The zero-order valence-corrected chi connectivity index (χ0v) is 13.1. The zero-order chi connectivity index (χ0) is 14.7. The Kier molecular flexibility index (Phi) is 4.40. The number of aryl methyl sites for hydroxylation is 1. The van der Waals surface area contributed by atoms with Crippen LogP contribution in [0.3, 0.4) is 0 Å². The van der Waals surface area contributed by atoms with Crippen LogP contribution in [0.5, 0.6) is 0 Å². The quantitative estimate of drug-likeness (QED) is 0.813. The van der Waals surface area contributed by atoms with Crippen LogP contribution < -0.4 is 5.32 Å². The average Bonchev–Trinajstić information content (AvgIpc) is 2.52. The first-order valence-corrected chi connectivity index (χ1v) is 8.21. The van der Waals surface area contributed by atoms with Gasteiger partial charge >= 0.3 is 0 Å². The molecule has 2 aromatic rings. The van der Waals surface area contributed by atoms with Gasteiger partial charge < -0.3 is 5.32 Å². The van der Waals surface area contributed by atoms with E-state index in [4.69, 9.17) is 0 Å². The van der Waals surface area contributed by atoms with E-state index in [1.54, 1.807) is 5.56 Å². The number of rotatable bonds is 6. The van der Waals surface area contributed by atoms with Crippen molar-refractivity contribution < 1.29 is 0 Å². The Morgan fingerprint density at radius 1 is 1.05 bits per heavy atom. The zero-order valence-electron chi connectivity index (χ0n) is 13.1. The van der Waals surface area contributed by atoms with Gasteiger partial charge in [-0.25, -0.2) is 0 Å². The van der Waals surface area contributed by atoms with Crippen molar-refractivity contribution in [1.29, 1.82) is 0 Å². The third-order valence-corrected chi connectivity index (χ3v) is 4.77. The lowest BCUT2D eigenvalue weighted by Gasteiger charge is -2.32. The highest BCUT2D eigenvalue weighted by atomic mass is 14.9. The van der Waals surface area contributed by atoms with Crippen LogP contribution in [0.1, 0.15) is 54.5 Å².